The van der Waals surface area contributed by atoms with Crippen LogP contribution in [0.3, 0.4) is 0 Å². The normalized spacial score (nSPS) is 12.2. The maximum atomic E-state index is 11.8. The first kappa shape index (κ1) is 14.0. The number of rotatable bonds is 5. The number of benzene rings is 1. The van der Waals surface area contributed by atoms with Crippen molar-refractivity contribution in [2.45, 2.75) is 32.4 Å². The lowest BCUT2D eigenvalue weighted by Crippen LogP contribution is -2.27. The molecule has 1 atom stereocenters. The summed E-state index contributed by atoms with van der Waals surface area (Å²) in [5.41, 5.74) is 6.66. The Kier molecular flexibility index (Phi) is 5.45. The summed E-state index contributed by atoms with van der Waals surface area (Å²) in [7, 11) is 1.80. The summed E-state index contributed by atoms with van der Waals surface area (Å²) in [5, 5.41) is 0.693. The second kappa shape index (κ2) is 6.62. The number of carbonyl (C=O) groups excluding carboxylic acids is 1. The second-order valence-corrected chi connectivity index (χ2v) is 4.83. The van der Waals surface area contributed by atoms with Gasteiger partial charge in [-0.25, -0.2) is 0 Å². The smallest absolute Gasteiger partial charge is 0.222 e. The zero-order valence-corrected chi connectivity index (χ0v) is 11.1. The summed E-state index contributed by atoms with van der Waals surface area (Å²) in [6.45, 7) is 2.49. The van der Waals surface area contributed by atoms with E-state index in [4.69, 9.17) is 17.3 Å². The molecule has 0 saturated heterocycles. The van der Waals surface area contributed by atoms with E-state index in [0.717, 1.165) is 12.0 Å². The summed E-state index contributed by atoms with van der Waals surface area (Å²) in [4.78, 5) is 13.5. The number of hydrogen-bond acceptors (Lipinski definition) is 2. The van der Waals surface area contributed by atoms with Crippen LogP contribution < -0.4 is 5.73 Å². The molecule has 0 radical (unpaired) electrons. The Morgan fingerprint density at radius 2 is 2.24 bits per heavy atom. The van der Waals surface area contributed by atoms with Crippen LogP contribution in [-0.4, -0.2) is 23.9 Å². The zero-order valence-electron chi connectivity index (χ0n) is 10.3. The monoisotopic (exact) mass is 254 g/mol. The van der Waals surface area contributed by atoms with Crippen molar-refractivity contribution in [1.82, 2.24) is 4.90 Å². The molecule has 0 saturated carbocycles. The van der Waals surface area contributed by atoms with Gasteiger partial charge in [-0.15, -0.1) is 0 Å². The molecule has 0 aromatic heterocycles. The lowest BCUT2D eigenvalue weighted by Gasteiger charge is -2.18. The van der Waals surface area contributed by atoms with Crippen molar-refractivity contribution in [3.8, 4) is 0 Å². The van der Waals surface area contributed by atoms with Gasteiger partial charge in [-0.2, -0.15) is 0 Å². The Morgan fingerprint density at radius 3 is 2.82 bits per heavy atom. The minimum Gasteiger partial charge on any atom is -0.341 e. The summed E-state index contributed by atoms with van der Waals surface area (Å²) >= 11 is 5.89. The lowest BCUT2D eigenvalue weighted by atomic mass is 10.1. The predicted octanol–water partition coefficient (Wildman–Crippen LogP) is 2.43. The van der Waals surface area contributed by atoms with Gasteiger partial charge in [0.1, 0.15) is 0 Å². The van der Waals surface area contributed by atoms with Crippen molar-refractivity contribution in [3.05, 3.63) is 34.9 Å². The quantitative estimate of drug-likeness (QED) is 0.877. The highest BCUT2D eigenvalue weighted by Gasteiger charge is 2.10. The molecular weight excluding hydrogens is 236 g/mol. The van der Waals surface area contributed by atoms with Crippen LogP contribution in [0.15, 0.2) is 24.3 Å². The highest BCUT2D eigenvalue weighted by molar-refractivity contribution is 6.30. The Balaban J connectivity index is 2.48. The van der Waals surface area contributed by atoms with Crippen molar-refractivity contribution in [1.29, 1.82) is 0 Å². The SMILES string of the molecule is CC(N)CCC(=O)N(C)Cc1cccc(Cl)c1. The van der Waals surface area contributed by atoms with Crippen LogP contribution in [0, 0.1) is 0 Å². The molecule has 1 unspecified atom stereocenters. The van der Waals surface area contributed by atoms with Crippen molar-refractivity contribution in [2.24, 2.45) is 5.73 Å². The molecule has 0 fully saturated rings. The van der Waals surface area contributed by atoms with Crippen molar-refractivity contribution < 1.29 is 4.79 Å². The first-order valence-corrected chi connectivity index (χ1v) is 6.11. The predicted molar refractivity (Wildman–Crippen MR) is 70.8 cm³/mol. The molecule has 1 aromatic rings. The molecule has 4 heteroatoms. The van der Waals surface area contributed by atoms with Gasteiger partial charge < -0.3 is 10.6 Å². The van der Waals surface area contributed by atoms with Crippen LogP contribution in [0.25, 0.3) is 0 Å². The molecular formula is C13H19ClN2O. The topological polar surface area (TPSA) is 46.3 Å². The Bertz CT molecular complexity index is 379. The van der Waals surface area contributed by atoms with Gasteiger partial charge in [-0.3, -0.25) is 4.79 Å². The standard InChI is InChI=1S/C13H19ClN2O/c1-10(15)6-7-13(17)16(2)9-11-4-3-5-12(14)8-11/h3-5,8,10H,6-7,9,15H2,1-2H3. The minimum atomic E-state index is 0.0681. The summed E-state index contributed by atoms with van der Waals surface area (Å²) < 4.78 is 0. The number of amides is 1. The fourth-order valence-electron chi connectivity index (χ4n) is 1.54. The fourth-order valence-corrected chi connectivity index (χ4v) is 1.75. The van der Waals surface area contributed by atoms with Gasteiger partial charge in [0.2, 0.25) is 5.91 Å². The second-order valence-electron chi connectivity index (χ2n) is 4.40. The molecule has 1 rings (SSSR count). The maximum absolute atomic E-state index is 11.8. The van der Waals surface area contributed by atoms with Crippen molar-refractivity contribution in [3.63, 3.8) is 0 Å². The van der Waals surface area contributed by atoms with E-state index < -0.39 is 0 Å². The Labute approximate surface area is 108 Å². The fraction of sp³-hybridized carbons (Fsp3) is 0.462. The highest BCUT2D eigenvalue weighted by atomic mass is 35.5. The third kappa shape index (κ3) is 5.20. The molecule has 0 aliphatic heterocycles. The zero-order chi connectivity index (χ0) is 12.8. The summed E-state index contributed by atoms with van der Waals surface area (Å²) in [6, 6.07) is 7.61. The van der Waals surface area contributed by atoms with Crippen molar-refractivity contribution in [2.75, 3.05) is 7.05 Å². The molecule has 2 N–H and O–H groups in total. The van der Waals surface area contributed by atoms with Crippen LogP contribution in [0.1, 0.15) is 25.3 Å². The minimum absolute atomic E-state index is 0.0681. The van der Waals surface area contributed by atoms with E-state index in [1.165, 1.54) is 0 Å². The number of halogens is 1. The molecule has 1 amide bonds. The van der Waals surface area contributed by atoms with Crippen LogP contribution in [0.2, 0.25) is 5.02 Å². The maximum Gasteiger partial charge on any atom is 0.222 e. The van der Waals surface area contributed by atoms with Gasteiger partial charge in [-0.1, -0.05) is 23.7 Å². The van der Waals surface area contributed by atoms with Crippen LogP contribution in [-0.2, 0) is 11.3 Å². The molecule has 0 aliphatic rings. The van der Waals surface area contributed by atoms with Gasteiger partial charge >= 0.3 is 0 Å². The van der Waals surface area contributed by atoms with Crippen LogP contribution >= 0.6 is 11.6 Å². The number of nitrogens with two attached hydrogens (primary N) is 1. The highest BCUT2D eigenvalue weighted by Crippen LogP contribution is 2.12. The largest absolute Gasteiger partial charge is 0.341 e. The van der Waals surface area contributed by atoms with Crippen LogP contribution in [0.5, 0.6) is 0 Å². The number of hydrogen-bond donors (Lipinski definition) is 1. The lowest BCUT2D eigenvalue weighted by molar-refractivity contribution is -0.130. The Morgan fingerprint density at radius 1 is 1.53 bits per heavy atom. The molecule has 0 bridgehead atoms. The molecule has 0 aliphatic carbocycles. The van der Waals surface area contributed by atoms with Gasteiger partial charge in [-0.05, 0) is 31.0 Å². The summed E-state index contributed by atoms with van der Waals surface area (Å²) in [6.07, 6.45) is 1.22. The third-order valence-corrected chi connectivity index (χ3v) is 2.78. The van der Waals surface area contributed by atoms with E-state index in [-0.39, 0.29) is 11.9 Å². The molecule has 0 spiro atoms. The molecule has 94 valence electrons. The van der Waals surface area contributed by atoms with Gasteiger partial charge in [0.25, 0.3) is 0 Å². The average Bonchev–Trinajstić information content (AvgIpc) is 2.25. The van der Waals surface area contributed by atoms with Crippen molar-refractivity contribution >= 4 is 17.5 Å². The van der Waals surface area contributed by atoms with E-state index in [0.29, 0.717) is 18.0 Å². The van der Waals surface area contributed by atoms with Crippen LogP contribution in [0.4, 0.5) is 0 Å². The Hall–Kier alpha value is -1.06. The van der Waals surface area contributed by atoms with Gasteiger partial charge in [0.15, 0.2) is 0 Å². The molecule has 0 heterocycles. The first-order valence-electron chi connectivity index (χ1n) is 5.73. The van der Waals surface area contributed by atoms with Gasteiger partial charge in [0, 0.05) is 31.1 Å². The molecule has 3 nitrogen and oxygen atoms in total. The average molecular weight is 255 g/mol. The van der Waals surface area contributed by atoms with E-state index in [1.54, 1.807) is 11.9 Å². The number of nitrogens with zero attached hydrogens (tertiary/aromatic N) is 1. The van der Waals surface area contributed by atoms with E-state index in [1.807, 2.05) is 31.2 Å². The van der Waals surface area contributed by atoms with E-state index in [2.05, 4.69) is 0 Å². The van der Waals surface area contributed by atoms with Gasteiger partial charge in [0.05, 0.1) is 0 Å². The molecule has 1 aromatic carbocycles. The first-order chi connectivity index (χ1) is 7.99. The molecule has 17 heavy (non-hydrogen) atoms. The number of carbonyl (C=O) groups is 1. The summed E-state index contributed by atoms with van der Waals surface area (Å²) in [5.74, 6) is 0.113. The van der Waals surface area contributed by atoms with E-state index >= 15 is 0 Å². The van der Waals surface area contributed by atoms with E-state index in [9.17, 15) is 4.79 Å². The third-order valence-electron chi connectivity index (χ3n) is 2.55.